The average Bonchev–Trinajstić information content (AvgIpc) is 2.78. The predicted octanol–water partition coefficient (Wildman–Crippen LogP) is 2.28. The monoisotopic (exact) mass is 257 g/mol. The molecule has 1 heterocycles. The van der Waals surface area contributed by atoms with Crippen molar-refractivity contribution in [3.8, 4) is 5.75 Å². The van der Waals surface area contributed by atoms with E-state index in [1.807, 2.05) is 11.9 Å². The van der Waals surface area contributed by atoms with Crippen molar-refractivity contribution in [2.45, 2.75) is 25.5 Å². The van der Waals surface area contributed by atoms with Crippen molar-refractivity contribution in [2.75, 3.05) is 20.2 Å². The summed E-state index contributed by atoms with van der Waals surface area (Å²) in [5.74, 6) is -2.76. The summed E-state index contributed by atoms with van der Waals surface area (Å²) in [6.07, 6.45) is 2.31. The molecule has 1 fully saturated rings. The van der Waals surface area contributed by atoms with E-state index in [0.29, 0.717) is 12.1 Å². The Labute approximate surface area is 105 Å². The fourth-order valence-electron chi connectivity index (χ4n) is 2.22. The molecule has 1 aliphatic heterocycles. The van der Waals surface area contributed by atoms with Gasteiger partial charge in [-0.1, -0.05) is 0 Å². The second-order valence-corrected chi connectivity index (χ2v) is 4.74. The number of likely N-dealkylation sites (N-methyl/N-ethyl adjacent to an activating group) is 1. The first kappa shape index (κ1) is 13.2. The third-order valence-electron chi connectivity index (χ3n) is 3.07. The number of nitrogens with zero attached hydrogens (tertiary/aromatic N) is 1. The SMILES string of the molecule is CN(Cc1cc(F)c(O)c(F)c1)CC1CCCO1. The van der Waals surface area contributed by atoms with Crippen molar-refractivity contribution in [3.05, 3.63) is 29.3 Å². The number of hydrogen-bond acceptors (Lipinski definition) is 3. The number of benzene rings is 1. The third kappa shape index (κ3) is 3.17. The molecule has 1 atom stereocenters. The molecule has 1 aromatic carbocycles. The minimum Gasteiger partial charge on any atom is -0.503 e. The van der Waals surface area contributed by atoms with Gasteiger partial charge in [0.25, 0.3) is 0 Å². The topological polar surface area (TPSA) is 32.7 Å². The molecule has 5 heteroatoms. The first-order valence-corrected chi connectivity index (χ1v) is 6.03. The molecular weight excluding hydrogens is 240 g/mol. The fraction of sp³-hybridized carbons (Fsp3) is 0.538. The summed E-state index contributed by atoms with van der Waals surface area (Å²) in [4.78, 5) is 1.96. The van der Waals surface area contributed by atoms with Crippen LogP contribution in [0.1, 0.15) is 18.4 Å². The zero-order valence-electron chi connectivity index (χ0n) is 10.3. The van der Waals surface area contributed by atoms with E-state index in [2.05, 4.69) is 0 Å². The van der Waals surface area contributed by atoms with Crippen LogP contribution in [-0.4, -0.2) is 36.3 Å². The molecule has 0 bridgehead atoms. The zero-order chi connectivity index (χ0) is 13.1. The number of phenolic OH excluding ortho intramolecular Hbond substituents is 1. The van der Waals surface area contributed by atoms with E-state index in [1.54, 1.807) is 0 Å². The summed E-state index contributed by atoms with van der Waals surface area (Å²) < 4.78 is 31.8. The van der Waals surface area contributed by atoms with Crippen molar-refractivity contribution in [1.82, 2.24) is 4.90 Å². The molecule has 1 unspecified atom stereocenters. The van der Waals surface area contributed by atoms with Crippen LogP contribution in [0.3, 0.4) is 0 Å². The van der Waals surface area contributed by atoms with E-state index < -0.39 is 17.4 Å². The Morgan fingerprint density at radius 1 is 1.39 bits per heavy atom. The van der Waals surface area contributed by atoms with Crippen molar-refractivity contribution >= 4 is 0 Å². The van der Waals surface area contributed by atoms with E-state index in [1.165, 1.54) is 0 Å². The maximum Gasteiger partial charge on any atom is 0.187 e. The van der Waals surface area contributed by atoms with Gasteiger partial charge in [-0.25, -0.2) is 8.78 Å². The third-order valence-corrected chi connectivity index (χ3v) is 3.07. The summed E-state index contributed by atoms with van der Waals surface area (Å²) in [7, 11) is 1.88. The Kier molecular flexibility index (Phi) is 4.14. The largest absolute Gasteiger partial charge is 0.503 e. The molecule has 1 saturated heterocycles. The van der Waals surface area contributed by atoms with Crippen molar-refractivity contribution in [2.24, 2.45) is 0 Å². The zero-order valence-corrected chi connectivity index (χ0v) is 10.3. The van der Waals surface area contributed by atoms with Crippen LogP contribution in [0.2, 0.25) is 0 Å². The smallest absolute Gasteiger partial charge is 0.187 e. The molecule has 0 spiro atoms. The van der Waals surface area contributed by atoms with Gasteiger partial charge in [-0.15, -0.1) is 0 Å². The maximum absolute atomic E-state index is 13.2. The Balaban J connectivity index is 1.95. The molecule has 18 heavy (non-hydrogen) atoms. The molecule has 0 aromatic heterocycles. The Hall–Kier alpha value is -1.20. The van der Waals surface area contributed by atoms with Crippen LogP contribution in [0.15, 0.2) is 12.1 Å². The first-order chi connectivity index (χ1) is 8.56. The highest BCUT2D eigenvalue weighted by atomic mass is 19.1. The molecule has 1 aromatic rings. The molecule has 0 saturated carbocycles. The minimum absolute atomic E-state index is 0.210. The van der Waals surface area contributed by atoms with E-state index in [4.69, 9.17) is 9.84 Å². The molecule has 3 nitrogen and oxygen atoms in total. The molecule has 0 radical (unpaired) electrons. The number of halogens is 2. The van der Waals surface area contributed by atoms with Crippen LogP contribution in [-0.2, 0) is 11.3 Å². The summed E-state index contributed by atoms with van der Waals surface area (Å²) in [6, 6.07) is 2.31. The van der Waals surface area contributed by atoms with E-state index in [-0.39, 0.29) is 6.10 Å². The quantitative estimate of drug-likeness (QED) is 0.898. The van der Waals surface area contributed by atoms with E-state index in [9.17, 15) is 8.78 Å². The second kappa shape index (κ2) is 5.63. The van der Waals surface area contributed by atoms with E-state index in [0.717, 1.165) is 38.1 Å². The van der Waals surface area contributed by atoms with E-state index >= 15 is 0 Å². The Bertz CT molecular complexity index is 396. The highest BCUT2D eigenvalue weighted by Crippen LogP contribution is 2.22. The molecular formula is C13H17F2NO2. The number of rotatable bonds is 4. The Morgan fingerprint density at radius 2 is 2.06 bits per heavy atom. The number of phenols is 1. The van der Waals surface area contributed by atoms with Crippen molar-refractivity contribution in [1.29, 1.82) is 0 Å². The molecule has 0 amide bonds. The van der Waals surface area contributed by atoms with Crippen LogP contribution >= 0.6 is 0 Å². The second-order valence-electron chi connectivity index (χ2n) is 4.74. The number of ether oxygens (including phenoxy) is 1. The lowest BCUT2D eigenvalue weighted by molar-refractivity contribution is 0.0792. The predicted molar refractivity (Wildman–Crippen MR) is 63.3 cm³/mol. The van der Waals surface area contributed by atoms with Crippen molar-refractivity contribution < 1.29 is 18.6 Å². The average molecular weight is 257 g/mol. The van der Waals surface area contributed by atoms with Crippen LogP contribution < -0.4 is 0 Å². The van der Waals surface area contributed by atoms with Gasteiger partial charge in [0.1, 0.15) is 0 Å². The maximum atomic E-state index is 13.2. The number of aromatic hydroxyl groups is 1. The van der Waals surface area contributed by atoms with Gasteiger partial charge in [-0.05, 0) is 37.6 Å². The molecule has 1 N–H and O–H groups in total. The minimum atomic E-state index is -0.921. The van der Waals surface area contributed by atoms with Crippen LogP contribution in [0, 0.1) is 11.6 Å². The number of hydrogen-bond donors (Lipinski definition) is 1. The van der Waals surface area contributed by atoms with Gasteiger partial charge in [-0.3, -0.25) is 4.90 Å². The van der Waals surface area contributed by atoms with Crippen LogP contribution in [0.5, 0.6) is 5.75 Å². The van der Waals surface area contributed by atoms with Gasteiger partial charge in [0, 0.05) is 19.7 Å². The van der Waals surface area contributed by atoms with Gasteiger partial charge in [0.15, 0.2) is 17.4 Å². The molecule has 2 rings (SSSR count). The normalized spacial score (nSPS) is 19.7. The van der Waals surface area contributed by atoms with Gasteiger partial charge >= 0.3 is 0 Å². The van der Waals surface area contributed by atoms with Gasteiger partial charge in [-0.2, -0.15) is 0 Å². The lowest BCUT2D eigenvalue weighted by Gasteiger charge is -2.20. The summed E-state index contributed by atoms with van der Waals surface area (Å²) in [5.41, 5.74) is 0.503. The summed E-state index contributed by atoms with van der Waals surface area (Å²) in [6.45, 7) is 1.96. The standard InChI is InChI=1S/C13H17F2NO2/c1-16(8-10-3-2-4-18-10)7-9-5-11(14)13(17)12(15)6-9/h5-6,10,17H,2-4,7-8H2,1H3. The lowest BCUT2D eigenvalue weighted by atomic mass is 10.1. The Morgan fingerprint density at radius 3 is 2.61 bits per heavy atom. The fourth-order valence-corrected chi connectivity index (χ4v) is 2.22. The van der Waals surface area contributed by atoms with Gasteiger partial charge in [0.2, 0.25) is 0 Å². The molecule has 1 aliphatic rings. The summed E-state index contributed by atoms with van der Waals surface area (Å²) in [5, 5.41) is 9.01. The first-order valence-electron chi connectivity index (χ1n) is 6.03. The van der Waals surface area contributed by atoms with Gasteiger partial charge in [0.05, 0.1) is 6.10 Å². The van der Waals surface area contributed by atoms with Crippen LogP contribution in [0.25, 0.3) is 0 Å². The van der Waals surface area contributed by atoms with Gasteiger partial charge < -0.3 is 9.84 Å². The lowest BCUT2D eigenvalue weighted by Crippen LogP contribution is -2.28. The summed E-state index contributed by atoms with van der Waals surface area (Å²) >= 11 is 0. The highest BCUT2D eigenvalue weighted by Gasteiger charge is 2.18. The van der Waals surface area contributed by atoms with Crippen LogP contribution in [0.4, 0.5) is 8.78 Å². The molecule has 0 aliphatic carbocycles. The molecule has 100 valence electrons. The van der Waals surface area contributed by atoms with Crippen molar-refractivity contribution in [3.63, 3.8) is 0 Å². The highest BCUT2D eigenvalue weighted by molar-refractivity contribution is 5.29.